The van der Waals surface area contributed by atoms with Crippen LogP contribution in [0.15, 0.2) is 16.7 Å². The monoisotopic (exact) mass is 347 g/mol. The van der Waals surface area contributed by atoms with E-state index in [4.69, 9.17) is 31.3 Å². The highest BCUT2D eigenvalue weighted by Crippen LogP contribution is 2.39. The average Bonchev–Trinajstić information content (AvgIpc) is 3.23. The van der Waals surface area contributed by atoms with Gasteiger partial charge in [0.1, 0.15) is 13.2 Å². The summed E-state index contributed by atoms with van der Waals surface area (Å²) in [5, 5.41) is 4.56. The molecular weight excluding hydrogens is 330 g/mol. The summed E-state index contributed by atoms with van der Waals surface area (Å²) in [6.07, 6.45) is 7.59. The Morgan fingerprint density at radius 2 is 1.92 bits per heavy atom. The molecule has 1 aromatic heterocycles. The first-order valence-electron chi connectivity index (χ1n) is 8.04. The molecule has 2 aliphatic rings. The van der Waals surface area contributed by atoms with Crippen LogP contribution >= 0.6 is 11.6 Å². The van der Waals surface area contributed by atoms with Gasteiger partial charge < -0.3 is 19.7 Å². The van der Waals surface area contributed by atoms with Gasteiger partial charge in [-0.15, -0.1) is 0 Å². The van der Waals surface area contributed by atoms with E-state index in [9.17, 15) is 0 Å². The highest BCUT2D eigenvalue weighted by molar-refractivity contribution is 6.32. The predicted octanol–water partition coefficient (Wildman–Crippen LogP) is 3.39. The van der Waals surface area contributed by atoms with Gasteiger partial charge in [0.05, 0.1) is 10.6 Å². The fourth-order valence-corrected chi connectivity index (χ4v) is 3.40. The lowest BCUT2D eigenvalue weighted by Crippen LogP contribution is -2.34. The molecule has 1 fully saturated rings. The van der Waals surface area contributed by atoms with Crippen molar-refractivity contribution in [1.82, 2.24) is 10.1 Å². The maximum atomic E-state index is 6.34. The molecule has 0 spiro atoms. The zero-order chi connectivity index (χ0) is 16.6. The van der Waals surface area contributed by atoms with Gasteiger partial charge in [-0.3, -0.25) is 0 Å². The Labute approximate surface area is 144 Å². The molecule has 2 aromatic rings. The van der Waals surface area contributed by atoms with E-state index in [1.807, 2.05) is 18.2 Å². The smallest absolute Gasteiger partial charge is 0.250 e. The standard InChI is InChI=1S/C17H18ClN3O3/c18-12-9-11(10-13-15(12)23-8-7-22-13)3-4-14-20-16(21-24-14)17(19)5-1-2-6-17/h3-4,9-10H,1-2,5-8,19H2/b4-3+. The van der Waals surface area contributed by atoms with Crippen molar-refractivity contribution in [1.29, 1.82) is 0 Å². The van der Waals surface area contributed by atoms with E-state index < -0.39 is 5.54 Å². The van der Waals surface area contributed by atoms with Gasteiger partial charge in [0.2, 0.25) is 0 Å². The summed E-state index contributed by atoms with van der Waals surface area (Å²) in [6, 6.07) is 3.68. The van der Waals surface area contributed by atoms with Crippen LogP contribution in [-0.4, -0.2) is 23.4 Å². The molecule has 6 nitrogen and oxygen atoms in total. The summed E-state index contributed by atoms with van der Waals surface area (Å²) in [5.74, 6) is 2.24. The number of benzene rings is 1. The molecule has 0 unspecified atom stereocenters. The zero-order valence-electron chi connectivity index (χ0n) is 13.1. The van der Waals surface area contributed by atoms with Gasteiger partial charge in [-0.2, -0.15) is 4.98 Å². The fourth-order valence-electron chi connectivity index (χ4n) is 3.13. The zero-order valence-corrected chi connectivity index (χ0v) is 13.9. The van der Waals surface area contributed by atoms with E-state index in [2.05, 4.69) is 10.1 Å². The molecule has 0 radical (unpaired) electrons. The van der Waals surface area contributed by atoms with Crippen molar-refractivity contribution in [2.75, 3.05) is 13.2 Å². The molecule has 0 atom stereocenters. The third-order valence-corrected chi connectivity index (χ3v) is 4.70. The molecule has 4 rings (SSSR count). The van der Waals surface area contributed by atoms with Crippen molar-refractivity contribution in [3.63, 3.8) is 0 Å². The van der Waals surface area contributed by atoms with E-state index in [-0.39, 0.29) is 0 Å². The van der Waals surface area contributed by atoms with Gasteiger partial charge in [-0.25, -0.2) is 0 Å². The number of ether oxygens (including phenoxy) is 2. The van der Waals surface area contributed by atoms with E-state index in [0.717, 1.165) is 31.2 Å². The normalized spacial score (nSPS) is 19.1. The van der Waals surface area contributed by atoms with Crippen LogP contribution in [0.1, 0.15) is 43.0 Å². The van der Waals surface area contributed by atoms with Crippen LogP contribution in [0, 0.1) is 0 Å². The number of aromatic nitrogens is 2. The van der Waals surface area contributed by atoms with Gasteiger partial charge in [-0.05, 0) is 36.6 Å². The molecular formula is C17H18ClN3O3. The number of nitrogens with two attached hydrogens (primary N) is 1. The summed E-state index contributed by atoms with van der Waals surface area (Å²) < 4.78 is 16.4. The van der Waals surface area contributed by atoms with Gasteiger partial charge in [0.25, 0.3) is 5.89 Å². The summed E-state index contributed by atoms with van der Waals surface area (Å²) in [6.45, 7) is 1.02. The lowest BCUT2D eigenvalue weighted by molar-refractivity contribution is 0.171. The minimum absolute atomic E-state index is 0.424. The second-order valence-electron chi connectivity index (χ2n) is 6.18. The van der Waals surface area contributed by atoms with E-state index in [1.54, 1.807) is 6.08 Å². The number of hydrogen-bond donors (Lipinski definition) is 1. The Morgan fingerprint density at radius 3 is 2.75 bits per heavy atom. The van der Waals surface area contributed by atoms with Crippen molar-refractivity contribution in [3.8, 4) is 11.5 Å². The first-order chi connectivity index (χ1) is 11.6. The Hall–Kier alpha value is -2.05. The number of hydrogen-bond acceptors (Lipinski definition) is 6. The summed E-state index contributed by atoms with van der Waals surface area (Å²) in [5.41, 5.74) is 6.76. The molecule has 2 heterocycles. The molecule has 1 aliphatic heterocycles. The minimum Gasteiger partial charge on any atom is -0.486 e. The van der Waals surface area contributed by atoms with Gasteiger partial charge in [-0.1, -0.05) is 29.6 Å². The molecule has 1 saturated carbocycles. The van der Waals surface area contributed by atoms with E-state index >= 15 is 0 Å². The molecule has 0 amide bonds. The Balaban J connectivity index is 1.55. The highest BCUT2D eigenvalue weighted by Gasteiger charge is 2.35. The van der Waals surface area contributed by atoms with Crippen LogP contribution < -0.4 is 15.2 Å². The summed E-state index contributed by atoms with van der Waals surface area (Å²) >= 11 is 6.23. The third-order valence-electron chi connectivity index (χ3n) is 4.42. The van der Waals surface area contributed by atoms with Crippen molar-refractivity contribution in [2.45, 2.75) is 31.2 Å². The van der Waals surface area contributed by atoms with Crippen LogP contribution in [0.3, 0.4) is 0 Å². The molecule has 1 aliphatic carbocycles. The lowest BCUT2D eigenvalue weighted by Gasteiger charge is -2.19. The Kier molecular flexibility index (Phi) is 3.94. The molecule has 2 N–H and O–H groups in total. The van der Waals surface area contributed by atoms with Crippen LogP contribution in [-0.2, 0) is 5.54 Å². The second-order valence-corrected chi connectivity index (χ2v) is 6.59. The Bertz CT molecular complexity index is 781. The van der Waals surface area contributed by atoms with E-state index in [1.165, 1.54) is 0 Å². The molecule has 126 valence electrons. The van der Waals surface area contributed by atoms with Crippen molar-refractivity contribution in [3.05, 3.63) is 34.4 Å². The highest BCUT2D eigenvalue weighted by atomic mass is 35.5. The predicted molar refractivity (Wildman–Crippen MR) is 90.0 cm³/mol. The fraction of sp³-hybridized carbons (Fsp3) is 0.412. The minimum atomic E-state index is -0.449. The van der Waals surface area contributed by atoms with Crippen LogP contribution in [0.4, 0.5) is 0 Å². The lowest BCUT2D eigenvalue weighted by atomic mass is 9.99. The number of rotatable bonds is 3. The number of nitrogens with zero attached hydrogens (tertiary/aromatic N) is 2. The van der Waals surface area contributed by atoms with Crippen LogP contribution in [0.5, 0.6) is 11.5 Å². The van der Waals surface area contributed by atoms with Crippen molar-refractivity contribution >= 4 is 23.8 Å². The molecule has 7 heteroatoms. The first-order valence-corrected chi connectivity index (χ1v) is 8.42. The van der Waals surface area contributed by atoms with Gasteiger partial charge in [0.15, 0.2) is 17.3 Å². The van der Waals surface area contributed by atoms with Crippen molar-refractivity contribution < 1.29 is 14.0 Å². The van der Waals surface area contributed by atoms with Crippen molar-refractivity contribution in [2.24, 2.45) is 5.73 Å². The maximum Gasteiger partial charge on any atom is 0.250 e. The SMILES string of the molecule is NC1(c2noc(/C=C/c3cc(Cl)c4c(c3)OCCO4)n2)CCCC1. The van der Waals surface area contributed by atoms with Gasteiger partial charge >= 0.3 is 0 Å². The number of fused-ring (bicyclic) bond motifs is 1. The first kappa shape index (κ1) is 15.5. The molecule has 0 bridgehead atoms. The summed E-state index contributed by atoms with van der Waals surface area (Å²) in [4.78, 5) is 4.41. The maximum absolute atomic E-state index is 6.34. The average molecular weight is 348 g/mol. The molecule has 24 heavy (non-hydrogen) atoms. The van der Waals surface area contributed by atoms with Crippen LogP contribution in [0.25, 0.3) is 12.2 Å². The third kappa shape index (κ3) is 2.87. The summed E-state index contributed by atoms with van der Waals surface area (Å²) in [7, 11) is 0. The van der Waals surface area contributed by atoms with E-state index in [0.29, 0.717) is 41.5 Å². The quantitative estimate of drug-likeness (QED) is 0.916. The van der Waals surface area contributed by atoms with Gasteiger partial charge in [0, 0.05) is 6.08 Å². The largest absolute Gasteiger partial charge is 0.486 e. The molecule has 0 saturated heterocycles. The Morgan fingerprint density at radius 1 is 1.12 bits per heavy atom. The topological polar surface area (TPSA) is 83.4 Å². The second kappa shape index (κ2) is 6.11. The molecule has 1 aromatic carbocycles. The van der Waals surface area contributed by atoms with Crippen LogP contribution in [0.2, 0.25) is 5.02 Å². The number of halogens is 1.